The summed E-state index contributed by atoms with van der Waals surface area (Å²) in [7, 11) is 1.88. The maximum absolute atomic E-state index is 8.77. The molecule has 0 N–H and O–H groups in total. The van der Waals surface area contributed by atoms with Crippen LogP contribution in [0, 0.1) is 11.3 Å². The maximum Gasteiger partial charge on any atom is 0.192 e. The quantitative estimate of drug-likeness (QED) is 0.772. The van der Waals surface area contributed by atoms with Crippen molar-refractivity contribution in [2.24, 2.45) is 7.05 Å². The van der Waals surface area contributed by atoms with Crippen molar-refractivity contribution in [1.82, 2.24) is 19.7 Å². The van der Waals surface area contributed by atoms with E-state index in [0.29, 0.717) is 0 Å². The summed E-state index contributed by atoms with van der Waals surface area (Å²) in [6.07, 6.45) is 3.46. The zero-order chi connectivity index (χ0) is 12.3. The van der Waals surface area contributed by atoms with E-state index in [1.807, 2.05) is 30.7 Å². The molecule has 0 bridgehead atoms. The molecule has 0 aliphatic rings. The third kappa shape index (κ3) is 2.45. The van der Waals surface area contributed by atoms with Crippen molar-refractivity contribution in [1.29, 1.82) is 5.26 Å². The monoisotopic (exact) mass is 245 g/mol. The zero-order valence-corrected chi connectivity index (χ0v) is 10.3. The Kier molecular flexibility index (Phi) is 3.40. The third-order valence-electron chi connectivity index (χ3n) is 2.22. The van der Waals surface area contributed by atoms with Crippen molar-refractivity contribution in [3.63, 3.8) is 0 Å². The highest BCUT2D eigenvalue weighted by atomic mass is 32.2. The Bertz CT molecular complexity index is 543. The van der Waals surface area contributed by atoms with Crippen LogP contribution < -0.4 is 0 Å². The topological polar surface area (TPSA) is 67.4 Å². The van der Waals surface area contributed by atoms with Gasteiger partial charge in [0.15, 0.2) is 11.0 Å². The summed E-state index contributed by atoms with van der Waals surface area (Å²) in [6.45, 7) is 1.84. The molecule has 5 nitrogen and oxygen atoms in total. The Morgan fingerprint density at radius 2 is 2.29 bits per heavy atom. The Balaban J connectivity index is 2.31. The smallest absolute Gasteiger partial charge is 0.192 e. The van der Waals surface area contributed by atoms with Crippen molar-refractivity contribution >= 4 is 11.8 Å². The lowest BCUT2D eigenvalue weighted by atomic mass is 10.3. The summed E-state index contributed by atoms with van der Waals surface area (Å²) in [5, 5.41) is 17.6. The van der Waals surface area contributed by atoms with Gasteiger partial charge in [0, 0.05) is 25.0 Å². The molecule has 0 saturated heterocycles. The van der Waals surface area contributed by atoms with Crippen molar-refractivity contribution in [3.8, 4) is 17.5 Å². The Labute approximate surface area is 104 Å². The van der Waals surface area contributed by atoms with E-state index in [1.165, 1.54) is 11.8 Å². The minimum atomic E-state index is -0.139. The molecule has 86 valence electrons. The van der Waals surface area contributed by atoms with Gasteiger partial charge in [-0.1, -0.05) is 11.8 Å². The van der Waals surface area contributed by atoms with E-state index in [9.17, 15) is 0 Å². The summed E-state index contributed by atoms with van der Waals surface area (Å²) in [6, 6.07) is 5.94. The van der Waals surface area contributed by atoms with Crippen LogP contribution in [0.1, 0.15) is 6.92 Å². The van der Waals surface area contributed by atoms with E-state index in [1.54, 1.807) is 12.4 Å². The highest BCUT2D eigenvalue weighted by molar-refractivity contribution is 8.00. The Morgan fingerprint density at radius 1 is 1.47 bits per heavy atom. The van der Waals surface area contributed by atoms with E-state index in [2.05, 4.69) is 21.3 Å². The molecule has 0 radical (unpaired) electrons. The standard InChI is InChI=1S/C11H11N5S/c1-8(6-12)17-11-15-14-10(16(11)2)9-4-3-5-13-7-9/h3-5,7-8H,1-2H3. The molecule has 0 fully saturated rings. The van der Waals surface area contributed by atoms with Gasteiger partial charge in [0.25, 0.3) is 0 Å². The average molecular weight is 245 g/mol. The fourth-order valence-corrected chi connectivity index (χ4v) is 2.05. The first-order valence-corrected chi connectivity index (χ1v) is 5.96. The molecule has 0 aliphatic heterocycles. The molecular formula is C11H11N5S. The first kappa shape index (κ1) is 11.6. The van der Waals surface area contributed by atoms with Crippen molar-refractivity contribution < 1.29 is 0 Å². The molecule has 2 rings (SSSR count). The summed E-state index contributed by atoms with van der Waals surface area (Å²) in [5.74, 6) is 0.755. The molecular weight excluding hydrogens is 234 g/mol. The van der Waals surface area contributed by atoms with Gasteiger partial charge >= 0.3 is 0 Å². The molecule has 0 aliphatic carbocycles. The second kappa shape index (κ2) is 4.97. The van der Waals surface area contributed by atoms with E-state index < -0.39 is 0 Å². The number of aromatic nitrogens is 4. The fourth-order valence-electron chi connectivity index (χ4n) is 1.35. The molecule has 2 heterocycles. The molecule has 0 saturated carbocycles. The molecule has 0 aromatic carbocycles. The van der Waals surface area contributed by atoms with E-state index in [0.717, 1.165) is 16.5 Å². The van der Waals surface area contributed by atoms with Crippen molar-refractivity contribution in [2.75, 3.05) is 0 Å². The second-order valence-electron chi connectivity index (χ2n) is 3.50. The van der Waals surface area contributed by atoms with Gasteiger partial charge in [-0.2, -0.15) is 5.26 Å². The summed E-state index contributed by atoms with van der Waals surface area (Å²) in [4.78, 5) is 4.05. The van der Waals surface area contributed by atoms with Crippen LogP contribution in [0.3, 0.4) is 0 Å². The fraction of sp³-hybridized carbons (Fsp3) is 0.273. The number of hydrogen-bond donors (Lipinski definition) is 0. The van der Waals surface area contributed by atoms with Gasteiger partial charge in [-0.05, 0) is 19.1 Å². The van der Waals surface area contributed by atoms with E-state index >= 15 is 0 Å². The third-order valence-corrected chi connectivity index (χ3v) is 3.24. The lowest BCUT2D eigenvalue weighted by Crippen LogP contribution is -1.98. The highest BCUT2D eigenvalue weighted by Gasteiger charge is 2.13. The van der Waals surface area contributed by atoms with Crippen LogP contribution in [0.15, 0.2) is 29.7 Å². The molecule has 17 heavy (non-hydrogen) atoms. The minimum absolute atomic E-state index is 0.139. The largest absolute Gasteiger partial charge is 0.305 e. The van der Waals surface area contributed by atoms with Gasteiger partial charge in [-0.15, -0.1) is 10.2 Å². The second-order valence-corrected chi connectivity index (χ2v) is 4.80. The molecule has 1 unspecified atom stereocenters. The molecule has 1 atom stereocenters. The van der Waals surface area contributed by atoms with Gasteiger partial charge in [-0.3, -0.25) is 4.98 Å². The van der Waals surface area contributed by atoms with Gasteiger partial charge in [-0.25, -0.2) is 0 Å². The number of pyridine rings is 1. The lowest BCUT2D eigenvalue weighted by Gasteiger charge is -2.03. The van der Waals surface area contributed by atoms with Crippen LogP contribution >= 0.6 is 11.8 Å². The first-order chi connectivity index (χ1) is 8.22. The van der Waals surface area contributed by atoms with Crippen molar-refractivity contribution in [3.05, 3.63) is 24.5 Å². The van der Waals surface area contributed by atoms with Gasteiger partial charge in [0.1, 0.15) is 0 Å². The van der Waals surface area contributed by atoms with Crippen LogP contribution in [0.4, 0.5) is 0 Å². The molecule has 2 aromatic heterocycles. The Morgan fingerprint density at radius 3 is 2.94 bits per heavy atom. The summed E-state index contributed by atoms with van der Waals surface area (Å²) >= 11 is 1.39. The molecule has 0 spiro atoms. The number of thioether (sulfide) groups is 1. The average Bonchev–Trinajstić information content (AvgIpc) is 2.72. The maximum atomic E-state index is 8.77. The van der Waals surface area contributed by atoms with Crippen molar-refractivity contribution in [2.45, 2.75) is 17.3 Å². The summed E-state index contributed by atoms with van der Waals surface area (Å²) < 4.78 is 1.87. The predicted octanol–water partition coefficient (Wildman–Crippen LogP) is 1.88. The number of nitriles is 1. The normalized spacial score (nSPS) is 12.1. The van der Waals surface area contributed by atoms with E-state index in [4.69, 9.17) is 5.26 Å². The first-order valence-electron chi connectivity index (χ1n) is 5.08. The van der Waals surface area contributed by atoms with Crippen LogP contribution in [0.25, 0.3) is 11.4 Å². The molecule has 2 aromatic rings. The van der Waals surface area contributed by atoms with Crippen LogP contribution in [-0.4, -0.2) is 25.0 Å². The van der Waals surface area contributed by atoms with E-state index in [-0.39, 0.29) is 5.25 Å². The number of hydrogen-bond acceptors (Lipinski definition) is 5. The number of nitrogens with zero attached hydrogens (tertiary/aromatic N) is 5. The summed E-state index contributed by atoms with van der Waals surface area (Å²) in [5.41, 5.74) is 0.916. The van der Waals surface area contributed by atoms with Gasteiger partial charge in [0.2, 0.25) is 0 Å². The van der Waals surface area contributed by atoms with Crippen LogP contribution in [0.2, 0.25) is 0 Å². The molecule has 0 amide bonds. The highest BCUT2D eigenvalue weighted by Crippen LogP contribution is 2.24. The zero-order valence-electron chi connectivity index (χ0n) is 9.53. The minimum Gasteiger partial charge on any atom is -0.305 e. The van der Waals surface area contributed by atoms with Gasteiger partial charge < -0.3 is 4.57 Å². The SMILES string of the molecule is CC(C#N)Sc1nnc(-c2cccnc2)n1C. The molecule has 6 heteroatoms. The Hall–Kier alpha value is -1.87. The van der Waals surface area contributed by atoms with Gasteiger partial charge in [0.05, 0.1) is 11.3 Å². The van der Waals surface area contributed by atoms with Crippen LogP contribution in [-0.2, 0) is 7.05 Å². The number of rotatable bonds is 3. The lowest BCUT2D eigenvalue weighted by molar-refractivity contribution is 0.792. The predicted molar refractivity (Wildman–Crippen MR) is 65.2 cm³/mol. The van der Waals surface area contributed by atoms with Crippen LogP contribution in [0.5, 0.6) is 0 Å².